The minimum absolute atomic E-state index is 1.06. The van der Waals surface area contributed by atoms with Crippen LogP contribution in [0.4, 0.5) is 17.1 Å². The predicted octanol–water partition coefficient (Wildman–Crippen LogP) is 3.44. The molecule has 0 fully saturated rings. The van der Waals surface area contributed by atoms with Crippen molar-refractivity contribution in [2.24, 2.45) is 4.99 Å². The molecule has 0 saturated carbocycles. The molecule has 2 nitrogen and oxygen atoms in total. The summed E-state index contributed by atoms with van der Waals surface area (Å²) in [6, 6.07) is 14.9. The number of hydrogen-bond donors (Lipinski definition) is 0. The zero-order valence-electron chi connectivity index (χ0n) is 9.43. The van der Waals surface area contributed by atoms with Crippen LogP contribution in [0.1, 0.15) is 11.1 Å². The van der Waals surface area contributed by atoms with Gasteiger partial charge in [0.2, 0.25) is 0 Å². The number of aliphatic imine (C=N–C) groups is 1. The number of nitrogens with zero attached hydrogens (tertiary/aromatic N) is 2. The highest BCUT2D eigenvalue weighted by molar-refractivity contribution is 5.97. The quantitative estimate of drug-likeness (QED) is 0.664. The second kappa shape index (κ2) is 3.20. The lowest BCUT2D eigenvalue weighted by molar-refractivity contribution is 0.998. The molecule has 2 heterocycles. The van der Waals surface area contributed by atoms with Gasteiger partial charge < -0.3 is 4.90 Å². The molecule has 2 aliphatic heterocycles. The van der Waals surface area contributed by atoms with Crippen LogP contribution in [0, 0.1) is 0 Å². The van der Waals surface area contributed by atoms with Gasteiger partial charge in [-0.25, -0.2) is 0 Å². The summed E-state index contributed by atoms with van der Waals surface area (Å²) in [4.78, 5) is 7.01. The van der Waals surface area contributed by atoms with Gasteiger partial charge in [0.1, 0.15) is 0 Å². The van der Waals surface area contributed by atoms with Crippen molar-refractivity contribution in [2.45, 2.75) is 6.42 Å². The van der Waals surface area contributed by atoms with Crippen LogP contribution in [0.3, 0.4) is 0 Å². The van der Waals surface area contributed by atoms with Gasteiger partial charge in [0.05, 0.1) is 17.1 Å². The summed E-state index contributed by atoms with van der Waals surface area (Å²) in [5, 5.41) is 0. The molecular weight excluding hydrogens is 208 g/mol. The summed E-state index contributed by atoms with van der Waals surface area (Å²) in [6.45, 7) is 1.06. The fourth-order valence-corrected chi connectivity index (χ4v) is 2.76. The molecule has 2 aromatic rings. The van der Waals surface area contributed by atoms with E-state index in [1.54, 1.807) is 0 Å². The van der Waals surface area contributed by atoms with Gasteiger partial charge in [-0.3, -0.25) is 4.99 Å². The maximum absolute atomic E-state index is 4.61. The molecule has 2 aromatic carbocycles. The van der Waals surface area contributed by atoms with E-state index in [9.17, 15) is 0 Å². The van der Waals surface area contributed by atoms with Crippen LogP contribution in [0.2, 0.25) is 0 Å². The Kier molecular flexibility index (Phi) is 1.69. The molecule has 0 radical (unpaired) electrons. The van der Waals surface area contributed by atoms with E-state index in [4.69, 9.17) is 0 Å². The Labute approximate surface area is 100 Å². The van der Waals surface area contributed by atoms with Crippen molar-refractivity contribution in [3.8, 4) is 0 Å². The van der Waals surface area contributed by atoms with Crippen molar-refractivity contribution < 1.29 is 0 Å². The van der Waals surface area contributed by atoms with E-state index in [-0.39, 0.29) is 0 Å². The Morgan fingerprint density at radius 2 is 1.94 bits per heavy atom. The van der Waals surface area contributed by atoms with E-state index < -0.39 is 0 Å². The maximum Gasteiger partial charge on any atom is 0.0869 e. The first-order valence-corrected chi connectivity index (χ1v) is 5.96. The summed E-state index contributed by atoms with van der Waals surface area (Å²) in [5.41, 5.74) is 6.29. The zero-order chi connectivity index (χ0) is 11.2. The number of rotatable bonds is 0. The van der Waals surface area contributed by atoms with E-state index in [1.807, 2.05) is 6.21 Å². The topological polar surface area (TPSA) is 15.6 Å². The van der Waals surface area contributed by atoms with Gasteiger partial charge in [-0.1, -0.05) is 30.3 Å². The molecule has 2 heteroatoms. The standard InChI is InChI=1S/C15H12N2/c1-2-7-14-12(4-1)10-16-13-6-3-5-11-8-9-17(14)15(11)13/h1-7,10H,8-9H2. The highest BCUT2D eigenvalue weighted by Crippen LogP contribution is 2.43. The Balaban J connectivity index is 2.05. The molecule has 0 amide bonds. The summed E-state index contributed by atoms with van der Waals surface area (Å²) < 4.78 is 0. The largest absolute Gasteiger partial charge is 0.339 e. The van der Waals surface area contributed by atoms with Crippen LogP contribution in [-0.2, 0) is 6.42 Å². The smallest absolute Gasteiger partial charge is 0.0869 e. The Bertz CT molecular complexity index is 629. The van der Waals surface area contributed by atoms with Crippen LogP contribution < -0.4 is 4.90 Å². The highest BCUT2D eigenvalue weighted by Gasteiger charge is 2.25. The van der Waals surface area contributed by atoms with E-state index in [2.05, 4.69) is 52.4 Å². The molecule has 0 N–H and O–H groups in total. The lowest BCUT2D eigenvalue weighted by Crippen LogP contribution is -2.14. The predicted molar refractivity (Wildman–Crippen MR) is 70.8 cm³/mol. The number of para-hydroxylation sites is 2. The fraction of sp³-hybridized carbons (Fsp3) is 0.133. The molecule has 0 saturated heterocycles. The van der Waals surface area contributed by atoms with Crippen molar-refractivity contribution in [3.05, 3.63) is 53.6 Å². The first-order valence-electron chi connectivity index (χ1n) is 5.96. The van der Waals surface area contributed by atoms with Gasteiger partial charge in [-0.2, -0.15) is 0 Å². The van der Waals surface area contributed by atoms with Gasteiger partial charge in [-0.15, -0.1) is 0 Å². The normalized spacial score (nSPS) is 15.4. The average Bonchev–Trinajstić information content (AvgIpc) is 2.73. The fourth-order valence-electron chi connectivity index (χ4n) is 2.76. The first kappa shape index (κ1) is 8.99. The number of benzene rings is 2. The van der Waals surface area contributed by atoms with E-state index in [0.717, 1.165) is 18.7 Å². The Hall–Kier alpha value is -2.09. The number of fused-ring (bicyclic) bond motifs is 2. The second-order valence-electron chi connectivity index (χ2n) is 4.50. The van der Waals surface area contributed by atoms with Gasteiger partial charge >= 0.3 is 0 Å². The van der Waals surface area contributed by atoms with Crippen molar-refractivity contribution in [3.63, 3.8) is 0 Å². The van der Waals surface area contributed by atoms with Gasteiger partial charge in [0.15, 0.2) is 0 Å². The van der Waals surface area contributed by atoms with Crippen LogP contribution in [0.15, 0.2) is 47.5 Å². The van der Waals surface area contributed by atoms with Crippen molar-refractivity contribution >= 4 is 23.3 Å². The highest BCUT2D eigenvalue weighted by atomic mass is 15.2. The van der Waals surface area contributed by atoms with Crippen LogP contribution in [0.25, 0.3) is 0 Å². The van der Waals surface area contributed by atoms with Crippen LogP contribution in [0.5, 0.6) is 0 Å². The summed E-state index contributed by atoms with van der Waals surface area (Å²) in [7, 11) is 0. The Morgan fingerprint density at radius 3 is 2.94 bits per heavy atom. The summed E-state index contributed by atoms with van der Waals surface area (Å²) >= 11 is 0. The second-order valence-corrected chi connectivity index (χ2v) is 4.50. The lowest BCUT2D eigenvalue weighted by Gasteiger charge is -2.20. The molecule has 0 aliphatic carbocycles. The lowest BCUT2D eigenvalue weighted by atomic mass is 10.1. The van der Waals surface area contributed by atoms with Crippen LogP contribution in [-0.4, -0.2) is 12.8 Å². The molecule has 2 aliphatic rings. The van der Waals surface area contributed by atoms with Gasteiger partial charge in [-0.05, 0) is 24.1 Å². The third kappa shape index (κ3) is 1.18. The molecule has 0 unspecified atom stereocenters. The van der Waals surface area contributed by atoms with Gasteiger partial charge in [0.25, 0.3) is 0 Å². The third-order valence-electron chi connectivity index (χ3n) is 3.54. The zero-order valence-corrected chi connectivity index (χ0v) is 9.43. The molecule has 0 bridgehead atoms. The molecule has 17 heavy (non-hydrogen) atoms. The molecular formula is C15H12N2. The van der Waals surface area contributed by atoms with Crippen molar-refractivity contribution in [1.82, 2.24) is 0 Å². The van der Waals surface area contributed by atoms with E-state index in [1.165, 1.54) is 22.5 Å². The van der Waals surface area contributed by atoms with E-state index in [0.29, 0.717) is 0 Å². The molecule has 0 aromatic heterocycles. The Morgan fingerprint density at radius 1 is 1.00 bits per heavy atom. The van der Waals surface area contributed by atoms with Crippen molar-refractivity contribution in [2.75, 3.05) is 11.4 Å². The summed E-state index contributed by atoms with van der Waals surface area (Å²) in [5.74, 6) is 0. The molecule has 0 spiro atoms. The summed E-state index contributed by atoms with van der Waals surface area (Å²) in [6.07, 6.45) is 3.09. The third-order valence-corrected chi connectivity index (χ3v) is 3.54. The van der Waals surface area contributed by atoms with Gasteiger partial charge in [0, 0.05) is 18.3 Å². The van der Waals surface area contributed by atoms with E-state index >= 15 is 0 Å². The minimum Gasteiger partial charge on any atom is -0.339 e. The van der Waals surface area contributed by atoms with Crippen LogP contribution >= 0.6 is 0 Å². The monoisotopic (exact) mass is 220 g/mol. The molecule has 0 atom stereocenters. The molecule has 4 rings (SSSR count). The van der Waals surface area contributed by atoms with Crippen molar-refractivity contribution in [1.29, 1.82) is 0 Å². The SMILES string of the molecule is C1=Nc2cccc3c2N(CC3)c2ccccc21. The maximum atomic E-state index is 4.61. The number of anilines is 2. The number of hydrogen-bond acceptors (Lipinski definition) is 2. The average molecular weight is 220 g/mol. The minimum atomic E-state index is 1.06. The first-order chi connectivity index (χ1) is 8.43. The molecule has 82 valence electrons.